The van der Waals surface area contributed by atoms with Gasteiger partial charge < -0.3 is 9.30 Å². The largest absolute Gasteiger partial charge is 0.334 e. The van der Waals surface area contributed by atoms with E-state index >= 15 is 0 Å². The van der Waals surface area contributed by atoms with Crippen LogP contribution in [-0.4, -0.2) is 51.3 Å². The number of nitrogens with zero attached hydrogens (tertiary/aromatic N) is 4. The zero-order chi connectivity index (χ0) is 20.2. The van der Waals surface area contributed by atoms with E-state index in [0.717, 1.165) is 43.9 Å². The average Bonchev–Trinajstić information content (AvgIpc) is 3.13. The van der Waals surface area contributed by atoms with Crippen LogP contribution < -0.4 is 0 Å². The Balaban J connectivity index is 1.50. The van der Waals surface area contributed by atoms with Gasteiger partial charge in [0.05, 0.1) is 11.6 Å². The molecule has 150 valence electrons. The third kappa shape index (κ3) is 3.04. The average molecular weight is 389 g/mol. The summed E-state index contributed by atoms with van der Waals surface area (Å²) >= 11 is 0. The minimum atomic E-state index is -0.135. The second kappa shape index (κ2) is 6.70. The van der Waals surface area contributed by atoms with Crippen LogP contribution >= 0.6 is 0 Å². The normalized spacial score (nSPS) is 19.8. The summed E-state index contributed by atoms with van der Waals surface area (Å²) in [7, 11) is 0. The molecule has 0 spiro atoms. The van der Waals surface area contributed by atoms with Gasteiger partial charge in [0, 0.05) is 37.8 Å². The van der Waals surface area contributed by atoms with Gasteiger partial charge in [-0.3, -0.25) is 9.69 Å². The van der Waals surface area contributed by atoms with Crippen molar-refractivity contribution in [3.63, 3.8) is 0 Å². The molecule has 2 aliphatic heterocycles. The third-order valence-electron chi connectivity index (χ3n) is 6.28. The maximum atomic E-state index is 13.6. The van der Waals surface area contributed by atoms with Crippen molar-refractivity contribution < 1.29 is 4.79 Å². The molecule has 2 aromatic heterocycles. The second-order valence-electron chi connectivity index (χ2n) is 9.24. The summed E-state index contributed by atoms with van der Waals surface area (Å²) in [5.41, 5.74) is 4.14. The van der Waals surface area contributed by atoms with E-state index in [9.17, 15) is 4.79 Å². The zero-order valence-corrected chi connectivity index (χ0v) is 17.4. The van der Waals surface area contributed by atoms with Crippen molar-refractivity contribution in [1.29, 1.82) is 0 Å². The van der Waals surface area contributed by atoms with Crippen LogP contribution in [0.3, 0.4) is 0 Å². The van der Waals surface area contributed by atoms with Gasteiger partial charge in [0.15, 0.2) is 5.69 Å². The van der Waals surface area contributed by atoms with E-state index in [1.807, 2.05) is 29.3 Å². The Hall–Kier alpha value is -2.66. The van der Waals surface area contributed by atoms with Crippen LogP contribution in [0.1, 0.15) is 54.3 Å². The van der Waals surface area contributed by atoms with Crippen molar-refractivity contribution >= 4 is 11.4 Å². The Kier molecular flexibility index (Phi) is 4.24. The SMILES string of the molecule is CC(C)(C)c1nc(C(=O)N2CCN3CCc4ccccc4C3C2)c2ccccn12. The van der Waals surface area contributed by atoms with Gasteiger partial charge in [0.2, 0.25) is 0 Å². The number of piperazine rings is 1. The number of benzene rings is 1. The molecule has 1 amide bonds. The maximum Gasteiger partial charge on any atom is 0.274 e. The Labute approximate surface area is 172 Å². The van der Waals surface area contributed by atoms with Gasteiger partial charge in [0.1, 0.15) is 5.82 Å². The molecule has 5 nitrogen and oxygen atoms in total. The second-order valence-corrected chi connectivity index (χ2v) is 9.24. The van der Waals surface area contributed by atoms with Crippen LogP contribution in [0.15, 0.2) is 48.7 Å². The number of rotatable bonds is 1. The summed E-state index contributed by atoms with van der Waals surface area (Å²) in [6.07, 6.45) is 3.11. The Morgan fingerprint density at radius 3 is 2.66 bits per heavy atom. The van der Waals surface area contributed by atoms with E-state index in [-0.39, 0.29) is 17.4 Å². The van der Waals surface area contributed by atoms with E-state index in [1.54, 1.807) is 0 Å². The molecule has 0 N–H and O–H groups in total. The van der Waals surface area contributed by atoms with Gasteiger partial charge in [-0.1, -0.05) is 51.1 Å². The molecule has 5 rings (SSSR count). The van der Waals surface area contributed by atoms with E-state index < -0.39 is 0 Å². The lowest BCUT2D eigenvalue weighted by molar-refractivity contribution is 0.0451. The van der Waals surface area contributed by atoms with Gasteiger partial charge in [-0.05, 0) is 29.7 Å². The summed E-state index contributed by atoms with van der Waals surface area (Å²) in [5, 5.41) is 0. The third-order valence-corrected chi connectivity index (χ3v) is 6.28. The summed E-state index contributed by atoms with van der Waals surface area (Å²) in [5.74, 6) is 0.977. The van der Waals surface area contributed by atoms with Crippen molar-refractivity contribution in [3.05, 3.63) is 71.3 Å². The monoisotopic (exact) mass is 388 g/mol. The molecule has 0 saturated carbocycles. The number of fused-ring (bicyclic) bond motifs is 4. The van der Waals surface area contributed by atoms with Crippen molar-refractivity contribution in [3.8, 4) is 0 Å². The van der Waals surface area contributed by atoms with E-state index in [2.05, 4.69) is 54.3 Å². The first-order valence-electron chi connectivity index (χ1n) is 10.5. The Bertz CT molecular complexity index is 1080. The molecule has 1 saturated heterocycles. The van der Waals surface area contributed by atoms with Crippen molar-refractivity contribution in [2.24, 2.45) is 0 Å². The number of carbonyl (C=O) groups excluding carboxylic acids is 1. The van der Waals surface area contributed by atoms with Crippen LogP contribution in [0.4, 0.5) is 0 Å². The molecule has 3 aromatic rings. The lowest BCUT2D eigenvalue weighted by atomic mass is 9.91. The molecule has 29 heavy (non-hydrogen) atoms. The molecular weight excluding hydrogens is 360 g/mol. The van der Waals surface area contributed by atoms with Gasteiger partial charge in [-0.15, -0.1) is 0 Å². The number of carbonyl (C=O) groups is 1. The number of pyridine rings is 1. The van der Waals surface area contributed by atoms with E-state index in [1.165, 1.54) is 11.1 Å². The lowest BCUT2D eigenvalue weighted by Crippen LogP contribution is -2.52. The van der Waals surface area contributed by atoms with E-state index in [4.69, 9.17) is 4.98 Å². The molecule has 0 aliphatic carbocycles. The van der Waals surface area contributed by atoms with Crippen molar-refractivity contribution in [1.82, 2.24) is 19.2 Å². The van der Waals surface area contributed by atoms with Crippen LogP contribution in [0.5, 0.6) is 0 Å². The number of aromatic nitrogens is 2. The topological polar surface area (TPSA) is 40.9 Å². The fraction of sp³-hybridized carbons (Fsp3) is 0.417. The number of imidazole rings is 1. The van der Waals surface area contributed by atoms with Crippen LogP contribution in [0, 0.1) is 0 Å². The fourth-order valence-electron chi connectivity index (χ4n) is 4.79. The minimum absolute atomic E-state index is 0.0481. The van der Waals surface area contributed by atoms with E-state index in [0.29, 0.717) is 5.69 Å². The predicted molar refractivity (Wildman–Crippen MR) is 114 cm³/mol. The smallest absolute Gasteiger partial charge is 0.274 e. The molecular formula is C24H28N4O. The fourth-order valence-corrected chi connectivity index (χ4v) is 4.79. The van der Waals surface area contributed by atoms with Gasteiger partial charge in [-0.2, -0.15) is 0 Å². The Morgan fingerprint density at radius 1 is 1.03 bits per heavy atom. The molecule has 1 atom stereocenters. The molecule has 1 unspecified atom stereocenters. The highest BCUT2D eigenvalue weighted by molar-refractivity contribution is 5.99. The molecule has 5 heteroatoms. The summed E-state index contributed by atoms with van der Waals surface area (Å²) in [6.45, 7) is 9.90. The first-order valence-corrected chi connectivity index (χ1v) is 10.5. The summed E-state index contributed by atoms with van der Waals surface area (Å²) < 4.78 is 2.07. The lowest BCUT2D eigenvalue weighted by Gasteiger charge is -2.44. The highest BCUT2D eigenvalue weighted by atomic mass is 16.2. The van der Waals surface area contributed by atoms with Crippen molar-refractivity contribution in [2.45, 2.75) is 38.6 Å². The van der Waals surface area contributed by atoms with Crippen LogP contribution in [0.2, 0.25) is 0 Å². The maximum absolute atomic E-state index is 13.6. The molecule has 0 radical (unpaired) electrons. The Morgan fingerprint density at radius 2 is 1.83 bits per heavy atom. The minimum Gasteiger partial charge on any atom is -0.334 e. The molecule has 4 heterocycles. The first kappa shape index (κ1) is 18.4. The molecule has 2 aliphatic rings. The number of hydrogen-bond donors (Lipinski definition) is 0. The zero-order valence-electron chi connectivity index (χ0n) is 17.4. The first-order chi connectivity index (χ1) is 13.9. The van der Waals surface area contributed by atoms with Gasteiger partial charge in [0.25, 0.3) is 5.91 Å². The van der Waals surface area contributed by atoms with Crippen LogP contribution in [0.25, 0.3) is 5.52 Å². The standard InChI is InChI=1S/C24H28N4O/c1-24(2,3)23-25-21(19-10-6-7-12-28(19)23)22(29)27-15-14-26-13-11-17-8-4-5-9-18(17)20(26)16-27/h4-10,12,20H,11,13-16H2,1-3H3. The number of hydrogen-bond acceptors (Lipinski definition) is 3. The summed E-state index contributed by atoms with van der Waals surface area (Å²) in [6, 6.07) is 14.9. The molecule has 1 aromatic carbocycles. The predicted octanol–water partition coefficient (Wildman–Crippen LogP) is 3.69. The highest BCUT2D eigenvalue weighted by Crippen LogP contribution is 2.33. The quantitative estimate of drug-likeness (QED) is 0.638. The summed E-state index contributed by atoms with van der Waals surface area (Å²) in [4.78, 5) is 22.9. The molecule has 0 bridgehead atoms. The van der Waals surface area contributed by atoms with Gasteiger partial charge in [-0.25, -0.2) is 4.98 Å². The van der Waals surface area contributed by atoms with Crippen molar-refractivity contribution in [2.75, 3.05) is 26.2 Å². The highest BCUT2D eigenvalue weighted by Gasteiger charge is 2.36. The number of amides is 1. The molecule has 1 fully saturated rings. The van der Waals surface area contributed by atoms with Crippen LogP contribution in [-0.2, 0) is 11.8 Å². The van der Waals surface area contributed by atoms with Gasteiger partial charge >= 0.3 is 0 Å².